The fourth-order valence-corrected chi connectivity index (χ4v) is 3.61. The van der Waals surface area contributed by atoms with Crippen LogP contribution in [0.5, 0.6) is 0 Å². The van der Waals surface area contributed by atoms with Crippen molar-refractivity contribution in [3.05, 3.63) is 58.3 Å². The summed E-state index contributed by atoms with van der Waals surface area (Å²) in [5, 5.41) is 3.39. The zero-order chi connectivity index (χ0) is 17.6. The number of piperidine rings is 1. The van der Waals surface area contributed by atoms with Gasteiger partial charge in [0.05, 0.1) is 17.8 Å². The van der Waals surface area contributed by atoms with Gasteiger partial charge in [-0.1, -0.05) is 24.3 Å². The zero-order valence-corrected chi connectivity index (χ0v) is 15.7. The predicted octanol–water partition coefficient (Wildman–Crippen LogP) is 3.15. The number of nitrogens with two attached hydrogens (primary N) is 1. The molecule has 1 aromatic carbocycles. The number of anilines is 1. The Balaban J connectivity index is 1.58. The predicted molar refractivity (Wildman–Crippen MR) is 103 cm³/mol. The second kappa shape index (κ2) is 8.45. The molecule has 3 N–H and O–H groups in total. The van der Waals surface area contributed by atoms with E-state index in [1.54, 1.807) is 6.20 Å². The summed E-state index contributed by atoms with van der Waals surface area (Å²) >= 11 is 3.43. The molecule has 1 amide bonds. The molecule has 25 heavy (non-hydrogen) atoms. The van der Waals surface area contributed by atoms with Crippen molar-refractivity contribution >= 4 is 27.5 Å². The largest absolute Gasteiger partial charge is 0.380 e. The second-order valence-corrected chi connectivity index (χ2v) is 7.46. The number of halogens is 1. The van der Waals surface area contributed by atoms with Crippen molar-refractivity contribution in [3.8, 4) is 0 Å². The van der Waals surface area contributed by atoms with E-state index in [1.165, 1.54) is 11.1 Å². The number of hydrogen-bond donors (Lipinski definition) is 2. The molecule has 0 bridgehead atoms. The molecule has 2 heterocycles. The first-order valence-electron chi connectivity index (χ1n) is 8.54. The maximum absolute atomic E-state index is 11.4. The van der Waals surface area contributed by atoms with Gasteiger partial charge in [0.2, 0.25) is 5.91 Å². The lowest BCUT2D eigenvalue weighted by atomic mass is 9.97. The molecular weight excluding hydrogens is 380 g/mol. The number of nitrogens with zero attached hydrogens (tertiary/aromatic N) is 2. The van der Waals surface area contributed by atoms with Gasteiger partial charge in [0.15, 0.2) is 0 Å². The average molecular weight is 403 g/mol. The highest BCUT2D eigenvalue weighted by Gasteiger charge is 2.23. The van der Waals surface area contributed by atoms with Gasteiger partial charge in [-0.05, 0) is 52.5 Å². The maximum Gasteiger partial charge on any atom is 0.221 e. The van der Waals surface area contributed by atoms with Crippen molar-refractivity contribution in [1.29, 1.82) is 0 Å². The topological polar surface area (TPSA) is 71.2 Å². The van der Waals surface area contributed by atoms with Gasteiger partial charge in [-0.3, -0.25) is 14.7 Å². The molecular formula is C19H23BrN4O. The highest BCUT2D eigenvalue weighted by Crippen LogP contribution is 2.19. The normalized spacial score (nSPS) is 18.0. The number of rotatable bonds is 6. The molecule has 1 aliphatic heterocycles. The van der Waals surface area contributed by atoms with Crippen LogP contribution in [0.15, 0.2) is 47.2 Å². The van der Waals surface area contributed by atoms with Crippen LogP contribution in [-0.4, -0.2) is 28.9 Å². The van der Waals surface area contributed by atoms with Crippen molar-refractivity contribution in [3.63, 3.8) is 0 Å². The van der Waals surface area contributed by atoms with E-state index in [-0.39, 0.29) is 11.8 Å². The van der Waals surface area contributed by atoms with Gasteiger partial charge < -0.3 is 11.1 Å². The van der Waals surface area contributed by atoms with Crippen LogP contribution < -0.4 is 11.1 Å². The summed E-state index contributed by atoms with van der Waals surface area (Å²) < 4.78 is 0.959. The lowest BCUT2D eigenvalue weighted by molar-refractivity contribution is -0.123. The van der Waals surface area contributed by atoms with Crippen LogP contribution in [0.25, 0.3) is 0 Å². The molecule has 1 saturated heterocycles. The maximum atomic E-state index is 11.4. The molecule has 0 radical (unpaired) electrons. The summed E-state index contributed by atoms with van der Waals surface area (Å²) in [5.74, 6) is -0.187. The van der Waals surface area contributed by atoms with Gasteiger partial charge in [0, 0.05) is 30.3 Å². The van der Waals surface area contributed by atoms with Gasteiger partial charge in [0.25, 0.3) is 0 Å². The van der Waals surface area contributed by atoms with Gasteiger partial charge in [-0.25, -0.2) is 0 Å². The number of hydrogen-bond acceptors (Lipinski definition) is 4. The van der Waals surface area contributed by atoms with Gasteiger partial charge >= 0.3 is 0 Å². The first-order valence-corrected chi connectivity index (χ1v) is 9.33. The van der Waals surface area contributed by atoms with Crippen LogP contribution in [0.2, 0.25) is 0 Å². The SMILES string of the molecule is NC(=O)C1CCCN(Cc2cccc(CNc3cncc(Br)c3)c2)C1. The molecule has 132 valence electrons. The van der Waals surface area contributed by atoms with E-state index in [4.69, 9.17) is 5.73 Å². The summed E-state index contributed by atoms with van der Waals surface area (Å²) in [7, 11) is 0. The molecule has 3 rings (SSSR count). The van der Waals surface area contributed by atoms with Crippen molar-refractivity contribution in [2.24, 2.45) is 11.7 Å². The first-order chi connectivity index (χ1) is 12.1. The third-order valence-corrected chi connectivity index (χ3v) is 4.94. The van der Waals surface area contributed by atoms with E-state index in [2.05, 4.69) is 55.4 Å². The minimum atomic E-state index is -0.176. The summed E-state index contributed by atoms with van der Waals surface area (Å²) in [4.78, 5) is 17.9. The number of benzene rings is 1. The Labute approximate surface area is 156 Å². The quantitative estimate of drug-likeness (QED) is 0.778. The molecule has 0 saturated carbocycles. The fraction of sp³-hybridized carbons (Fsp3) is 0.368. The number of pyridine rings is 1. The van der Waals surface area contributed by atoms with Crippen LogP contribution in [0.4, 0.5) is 5.69 Å². The van der Waals surface area contributed by atoms with Crippen LogP contribution in [0.3, 0.4) is 0 Å². The number of carbonyl (C=O) groups is 1. The van der Waals surface area contributed by atoms with Crippen molar-refractivity contribution in [2.45, 2.75) is 25.9 Å². The minimum absolute atomic E-state index is 0.0115. The van der Waals surface area contributed by atoms with E-state index in [0.29, 0.717) is 0 Å². The zero-order valence-electron chi connectivity index (χ0n) is 14.1. The molecule has 0 aliphatic carbocycles. The van der Waals surface area contributed by atoms with Crippen LogP contribution in [0.1, 0.15) is 24.0 Å². The van der Waals surface area contributed by atoms with E-state index in [0.717, 1.165) is 49.2 Å². The first kappa shape index (κ1) is 17.9. The molecule has 1 unspecified atom stereocenters. The van der Waals surface area contributed by atoms with Crippen molar-refractivity contribution < 1.29 is 4.79 Å². The molecule has 5 nitrogen and oxygen atoms in total. The summed E-state index contributed by atoms with van der Waals surface area (Å²) in [6.45, 7) is 3.39. The van der Waals surface area contributed by atoms with Gasteiger partial charge in [-0.15, -0.1) is 0 Å². The highest BCUT2D eigenvalue weighted by atomic mass is 79.9. The number of amides is 1. The molecule has 0 spiro atoms. The third kappa shape index (κ3) is 5.28. The van der Waals surface area contributed by atoms with Crippen LogP contribution in [-0.2, 0) is 17.9 Å². The van der Waals surface area contributed by atoms with E-state index in [9.17, 15) is 4.79 Å². The summed E-state index contributed by atoms with van der Waals surface area (Å²) in [5.41, 5.74) is 8.94. The Morgan fingerprint density at radius 2 is 2.16 bits per heavy atom. The van der Waals surface area contributed by atoms with E-state index < -0.39 is 0 Å². The lowest BCUT2D eigenvalue weighted by Gasteiger charge is -2.31. The molecule has 6 heteroatoms. The molecule has 1 aliphatic rings. The number of likely N-dealkylation sites (tertiary alicyclic amines) is 1. The Hall–Kier alpha value is -1.92. The molecule has 2 aromatic rings. The number of nitrogens with one attached hydrogen (secondary N) is 1. The third-order valence-electron chi connectivity index (χ3n) is 4.51. The van der Waals surface area contributed by atoms with Crippen LogP contribution in [0, 0.1) is 5.92 Å². The van der Waals surface area contributed by atoms with Gasteiger partial charge in [-0.2, -0.15) is 0 Å². The number of primary amides is 1. The van der Waals surface area contributed by atoms with Gasteiger partial charge in [0.1, 0.15) is 0 Å². The molecule has 1 atom stereocenters. The summed E-state index contributed by atoms with van der Waals surface area (Å²) in [6.07, 6.45) is 5.53. The van der Waals surface area contributed by atoms with E-state index >= 15 is 0 Å². The van der Waals surface area contributed by atoms with Crippen LogP contribution >= 0.6 is 15.9 Å². The molecule has 1 aromatic heterocycles. The highest BCUT2D eigenvalue weighted by molar-refractivity contribution is 9.10. The Kier molecular flexibility index (Phi) is 6.04. The Bertz CT molecular complexity index is 737. The lowest BCUT2D eigenvalue weighted by Crippen LogP contribution is -2.40. The smallest absolute Gasteiger partial charge is 0.221 e. The monoisotopic (exact) mass is 402 g/mol. The fourth-order valence-electron chi connectivity index (χ4n) is 3.24. The standard InChI is InChI=1S/C19H23BrN4O/c20-17-8-18(11-22-10-17)23-9-14-3-1-4-15(7-14)12-24-6-2-5-16(13-24)19(21)25/h1,3-4,7-8,10-11,16,23H,2,5-6,9,12-13H2,(H2,21,25). The van der Waals surface area contributed by atoms with Crippen molar-refractivity contribution in [1.82, 2.24) is 9.88 Å². The molecule has 1 fully saturated rings. The Morgan fingerprint density at radius 1 is 1.32 bits per heavy atom. The Morgan fingerprint density at radius 3 is 2.96 bits per heavy atom. The van der Waals surface area contributed by atoms with E-state index in [1.807, 2.05) is 12.3 Å². The van der Waals surface area contributed by atoms with Crippen molar-refractivity contribution in [2.75, 3.05) is 18.4 Å². The number of aromatic nitrogens is 1. The second-order valence-electron chi connectivity index (χ2n) is 6.54. The number of carbonyl (C=O) groups excluding carboxylic acids is 1. The summed E-state index contributed by atoms with van der Waals surface area (Å²) in [6, 6.07) is 10.6. The average Bonchev–Trinajstić information content (AvgIpc) is 2.61. The minimum Gasteiger partial charge on any atom is -0.380 e.